The van der Waals surface area contributed by atoms with Gasteiger partial charge in [0.15, 0.2) is 0 Å². The van der Waals surface area contributed by atoms with E-state index >= 15 is 0 Å². The number of carboxylic acids is 1. The summed E-state index contributed by atoms with van der Waals surface area (Å²) in [5.74, 6) is -0.971. The lowest BCUT2D eigenvalue weighted by Gasteiger charge is -2.19. The SMILES string of the molecule is CC(C)(C)OC(=O)NCCn1ncc2cc(C(=O)O)ccc21. The molecule has 0 saturated heterocycles. The summed E-state index contributed by atoms with van der Waals surface area (Å²) in [6.07, 6.45) is 1.13. The second-order valence-corrected chi connectivity index (χ2v) is 5.88. The van der Waals surface area contributed by atoms with Gasteiger partial charge in [-0.2, -0.15) is 5.10 Å². The fourth-order valence-electron chi connectivity index (χ4n) is 1.98. The lowest BCUT2D eigenvalue weighted by atomic mass is 10.1. The Kier molecular flexibility index (Phi) is 4.35. The number of aromatic nitrogens is 2. The number of carbonyl (C=O) groups excluding carboxylic acids is 1. The Balaban J connectivity index is 1.98. The molecule has 0 bridgehead atoms. The fourth-order valence-corrected chi connectivity index (χ4v) is 1.98. The number of hydrogen-bond acceptors (Lipinski definition) is 4. The predicted molar refractivity (Wildman–Crippen MR) is 80.9 cm³/mol. The lowest BCUT2D eigenvalue weighted by molar-refractivity contribution is 0.0525. The number of aromatic carboxylic acids is 1. The molecule has 0 saturated carbocycles. The Bertz CT molecular complexity index is 700. The maximum atomic E-state index is 11.5. The molecule has 0 aliphatic rings. The Labute approximate surface area is 127 Å². The first-order chi connectivity index (χ1) is 10.3. The molecule has 22 heavy (non-hydrogen) atoms. The molecule has 1 amide bonds. The van der Waals surface area contributed by atoms with Crippen LogP contribution in [0.25, 0.3) is 10.9 Å². The van der Waals surface area contributed by atoms with Gasteiger partial charge >= 0.3 is 12.1 Å². The van der Waals surface area contributed by atoms with Crippen LogP contribution in [0, 0.1) is 0 Å². The van der Waals surface area contributed by atoms with Gasteiger partial charge in [0.1, 0.15) is 5.60 Å². The zero-order chi connectivity index (χ0) is 16.3. The van der Waals surface area contributed by atoms with Crippen LogP contribution in [-0.4, -0.2) is 39.1 Å². The highest BCUT2D eigenvalue weighted by Gasteiger charge is 2.15. The molecule has 7 nitrogen and oxygen atoms in total. The van der Waals surface area contributed by atoms with Gasteiger partial charge in [-0.3, -0.25) is 4.68 Å². The summed E-state index contributed by atoms with van der Waals surface area (Å²) < 4.78 is 6.85. The van der Waals surface area contributed by atoms with E-state index in [1.165, 1.54) is 6.07 Å². The van der Waals surface area contributed by atoms with Crippen molar-refractivity contribution < 1.29 is 19.4 Å². The van der Waals surface area contributed by atoms with Gasteiger partial charge in [-0.25, -0.2) is 9.59 Å². The normalized spacial score (nSPS) is 11.4. The number of amides is 1. The smallest absolute Gasteiger partial charge is 0.407 e. The largest absolute Gasteiger partial charge is 0.478 e. The number of carbonyl (C=O) groups is 2. The van der Waals surface area contributed by atoms with Crippen molar-refractivity contribution in [1.82, 2.24) is 15.1 Å². The van der Waals surface area contributed by atoms with E-state index < -0.39 is 17.7 Å². The van der Waals surface area contributed by atoms with Crippen LogP contribution in [0.4, 0.5) is 4.79 Å². The van der Waals surface area contributed by atoms with Crippen molar-refractivity contribution in [3.8, 4) is 0 Å². The van der Waals surface area contributed by atoms with Gasteiger partial charge in [0.05, 0.1) is 23.8 Å². The van der Waals surface area contributed by atoms with Crippen LogP contribution < -0.4 is 5.32 Å². The number of rotatable bonds is 4. The van der Waals surface area contributed by atoms with E-state index in [0.717, 1.165) is 10.9 Å². The molecule has 0 fully saturated rings. The van der Waals surface area contributed by atoms with E-state index in [-0.39, 0.29) is 5.56 Å². The molecule has 1 aromatic heterocycles. The minimum absolute atomic E-state index is 0.221. The second-order valence-electron chi connectivity index (χ2n) is 5.88. The van der Waals surface area contributed by atoms with Crippen molar-refractivity contribution >= 4 is 23.0 Å². The Morgan fingerprint density at radius 1 is 1.36 bits per heavy atom. The van der Waals surface area contributed by atoms with Crippen molar-refractivity contribution in [2.24, 2.45) is 0 Å². The van der Waals surface area contributed by atoms with Gasteiger partial charge in [0.2, 0.25) is 0 Å². The standard InChI is InChI=1S/C15H19N3O4/c1-15(2,3)22-14(21)16-6-7-18-12-5-4-10(13(19)20)8-11(12)9-17-18/h4-5,8-9H,6-7H2,1-3H3,(H,16,21)(H,19,20). The zero-order valence-electron chi connectivity index (χ0n) is 12.8. The number of benzene rings is 1. The molecular weight excluding hydrogens is 286 g/mol. The summed E-state index contributed by atoms with van der Waals surface area (Å²) in [4.78, 5) is 22.5. The van der Waals surface area contributed by atoms with Gasteiger partial charge in [0.25, 0.3) is 0 Å². The number of fused-ring (bicyclic) bond motifs is 1. The molecule has 2 rings (SSSR count). The monoisotopic (exact) mass is 305 g/mol. The summed E-state index contributed by atoms with van der Waals surface area (Å²) in [5.41, 5.74) is 0.505. The fraction of sp³-hybridized carbons (Fsp3) is 0.400. The molecule has 7 heteroatoms. The molecule has 0 atom stereocenters. The second kappa shape index (κ2) is 6.05. The summed E-state index contributed by atoms with van der Waals surface area (Å²) >= 11 is 0. The molecule has 0 radical (unpaired) electrons. The van der Waals surface area contributed by atoms with Crippen LogP contribution in [-0.2, 0) is 11.3 Å². The highest BCUT2D eigenvalue weighted by molar-refractivity contribution is 5.93. The van der Waals surface area contributed by atoms with E-state index in [2.05, 4.69) is 10.4 Å². The number of ether oxygens (including phenoxy) is 1. The third kappa shape index (κ3) is 3.97. The molecule has 0 aliphatic heterocycles. The van der Waals surface area contributed by atoms with Crippen molar-refractivity contribution in [3.05, 3.63) is 30.0 Å². The molecule has 2 N–H and O–H groups in total. The van der Waals surface area contributed by atoms with Crippen LogP contribution >= 0.6 is 0 Å². The third-order valence-electron chi connectivity index (χ3n) is 2.88. The highest BCUT2D eigenvalue weighted by atomic mass is 16.6. The summed E-state index contributed by atoms with van der Waals surface area (Å²) in [6.45, 7) is 6.23. The number of alkyl carbamates (subject to hydrolysis) is 1. The van der Waals surface area contributed by atoms with E-state index in [4.69, 9.17) is 9.84 Å². The average molecular weight is 305 g/mol. The van der Waals surface area contributed by atoms with E-state index in [0.29, 0.717) is 13.1 Å². The quantitative estimate of drug-likeness (QED) is 0.903. The number of nitrogens with one attached hydrogen (secondary N) is 1. The van der Waals surface area contributed by atoms with Crippen LogP contribution in [0.1, 0.15) is 31.1 Å². The molecule has 2 aromatic rings. The van der Waals surface area contributed by atoms with Crippen LogP contribution in [0.5, 0.6) is 0 Å². The first-order valence-electron chi connectivity index (χ1n) is 6.92. The topological polar surface area (TPSA) is 93.5 Å². The van der Waals surface area contributed by atoms with Gasteiger partial charge < -0.3 is 15.2 Å². The van der Waals surface area contributed by atoms with E-state index in [1.807, 2.05) is 0 Å². The number of carboxylic acid groups (broad SMARTS) is 1. The van der Waals surface area contributed by atoms with Gasteiger partial charge in [-0.15, -0.1) is 0 Å². The number of nitrogens with zero attached hydrogens (tertiary/aromatic N) is 2. The average Bonchev–Trinajstić information content (AvgIpc) is 2.79. The van der Waals surface area contributed by atoms with Crippen LogP contribution in [0.15, 0.2) is 24.4 Å². The van der Waals surface area contributed by atoms with Crippen molar-refractivity contribution in [2.75, 3.05) is 6.54 Å². The summed E-state index contributed by atoms with van der Waals surface area (Å²) in [7, 11) is 0. The van der Waals surface area contributed by atoms with Gasteiger partial charge in [-0.05, 0) is 39.0 Å². The van der Waals surface area contributed by atoms with Crippen LogP contribution in [0.2, 0.25) is 0 Å². The molecule has 1 aromatic carbocycles. The minimum Gasteiger partial charge on any atom is -0.478 e. The molecule has 118 valence electrons. The van der Waals surface area contributed by atoms with Crippen molar-refractivity contribution in [1.29, 1.82) is 0 Å². The van der Waals surface area contributed by atoms with Gasteiger partial charge in [-0.1, -0.05) is 0 Å². The number of hydrogen-bond donors (Lipinski definition) is 2. The molecule has 1 heterocycles. The maximum absolute atomic E-state index is 11.5. The Morgan fingerprint density at radius 2 is 2.09 bits per heavy atom. The van der Waals surface area contributed by atoms with Crippen molar-refractivity contribution in [3.63, 3.8) is 0 Å². The molecule has 0 unspecified atom stereocenters. The molecule has 0 aliphatic carbocycles. The zero-order valence-corrected chi connectivity index (χ0v) is 12.8. The van der Waals surface area contributed by atoms with Gasteiger partial charge in [0, 0.05) is 11.9 Å². The lowest BCUT2D eigenvalue weighted by Crippen LogP contribution is -2.34. The van der Waals surface area contributed by atoms with E-state index in [1.54, 1.807) is 43.8 Å². The Hall–Kier alpha value is -2.57. The molecule has 0 spiro atoms. The molecular formula is C15H19N3O4. The third-order valence-corrected chi connectivity index (χ3v) is 2.88. The first-order valence-corrected chi connectivity index (χ1v) is 6.92. The summed E-state index contributed by atoms with van der Waals surface area (Å²) in [5, 5.41) is 16.6. The maximum Gasteiger partial charge on any atom is 0.407 e. The Morgan fingerprint density at radius 3 is 2.73 bits per heavy atom. The first kappa shape index (κ1) is 15.8. The van der Waals surface area contributed by atoms with Crippen LogP contribution in [0.3, 0.4) is 0 Å². The predicted octanol–water partition coefficient (Wildman–Crippen LogP) is 2.26. The minimum atomic E-state index is -0.971. The summed E-state index contributed by atoms with van der Waals surface area (Å²) in [6, 6.07) is 4.81. The highest BCUT2D eigenvalue weighted by Crippen LogP contribution is 2.15. The van der Waals surface area contributed by atoms with Crippen molar-refractivity contribution in [2.45, 2.75) is 32.9 Å². The van der Waals surface area contributed by atoms with E-state index in [9.17, 15) is 9.59 Å².